The summed E-state index contributed by atoms with van der Waals surface area (Å²) in [6, 6.07) is 0. The Morgan fingerprint density at radius 2 is 2.56 bits per heavy atom. The Labute approximate surface area is 53.5 Å². The van der Waals surface area contributed by atoms with Crippen molar-refractivity contribution in [3.63, 3.8) is 0 Å². The molecule has 0 aromatic heterocycles. The van der Waals surface area contributed by atoms with Crippen LogP contribution in [0.5, 0.6) is 0 Å². The standard InChI is InChI=1S/C7H8O2/c8-7-5-2-1-3-6(4-5)9-7/h1,3,5-6H,2,4H2/t5-,6-/m1/s1. The summed E-state index contributed by atoms with van der Waals surface area (Å²) in [5.74, 6) is 0.171. The minimum absolute atomic E-state index is 0.00926. The van der Waals surface area contributed by atoms with Gasteiger partial charge in [-0.05, 0) is 12.5 Å². The summed E-state index contributed by atoms with van der Waals surface area (Å²) >= 11 is 0. The Kier molecular flexibility index (Phi) is 0.891. The zero-order valence-electron chi connectivity index (χ0n) is 5.04. The van der Waals surface area contributed by atoms with Crippen LogP contribution in [-0.4, -0.2) is 12.1 Å². The van der Waals surface area contributed by atoms with Gasteiger partial charge < -0.3 is 4.74 Å². The molecule has 1 aliphatic heterocycles. The quantitative estimate of drug-likeness (QED) is 0.354. The van der Waals surface area contributed by atoms with Gasteiger partial charge in [-0.2, -0.15) is 0 Å². The monoisotopic (exact) mass is 124 g/mol. The highest BCUT2D eigenvalue weighted by atomic mass is 16.5. The Balaban J connectivity index is 2.26. The van der Waals surface area contributed by atoms with Crippen molar-refractivity contribution < 1.29 is 9.53 Å². The van der Waals surface area contributed by atoms with E-state index in [0.717, 1.165) is 12.8 Å². The molecule has 0 radical (unpaired) electrons. The summed E-state index contributed by atoms with van der Waals surface area (Å²) in [5.41, 5.74) is 0. The van der Waals surface area contributed by atoms with Crippen molar-refractivity contribution in [3.05, 3.63) is 12.2 Å². The Hall–Kier alpha value is -0.790. The molecule has 2 heteroatoms. The molecule has 1 heterocycles. The molecule has 2 atom stereocenters. The topological polar surface area (TPSA) is 26.3 Å². The van der Waals surface area contributed by atoms with Crippen molar-refractivity contribution >= 4 is 5.97 Å². The number of ether oxygens (including phenoxy) is 1. The first kappa shape index (κ1) is 5.03. The largest absolute Gasteiger partial charge is 0.458 e. The highest BCUT2D eigenvalue weighted by Gasteiger charge is 2.34. The maximum atomic E-state index is 10.8. The van der Waals surface area contributed by atoms with E-state index in [1.807, 2.05) is 12.2 Å². The van der Waals surface area contributed by atoms with Gasteiger partial charge in [-0.3, -0.25) is 4.79 Å². The number of fused-ring (bicyclic) bond motifs is 2. The Morgan fingerprint density at radius 3 is 3.22 bits per heavy atom. The van der Waals surface area contributed by atoms with Crippen LogP contribution in [0.4, 0.5) is 0 Å². The van der Waals surface area contributed by atoms with Crippen LogP contribution in [0.3, 0.4) is 0 Å². The molecule has 9 heavy (non-hydrogen) atoms. The SMILES string of the molecule is O=C1O[C@@H]2C=CC[C@@H]1C2. The third-order valence-electron chi connectivity index (χ3n) is 1.89. The first-order valence-electron chi connectivity index (χ1n) is 3.23. The second kappa shape index (κ2) is 1.59. The molecule has 1 saturated heterocycles. The van der Waals surface area contributed by atoms with Crippen LogP contribution in [0.15, 0.2) is 12.2 Å². The van der Waals surface area contributed by atoms with Crippen LogP contribution in [0.2, 0.25) is 0 Å². The van der Waals surface area contributed by atoms with Crippen molar-refractivity contribution in [2.45, 2.75) is 18.9 Å². The van der Waals surface area contributed by atoms with Gasteiger partial charge in [0.15, 0.2) is 0 Å². The molecule has 2 nitrogen and oxygen atoms in total. The van der Waals surface area contributed by atoms with E-state index in [0.29, 0.717) is 0 Å². The lowest BCUT2D eigenvalue weighted by Crippen LogP contribution is -2.05. The van der Waals surface area contributed by atoms with E-state index >= 15 is 0 Å². The Bertz CT molecular complexity index is 172. The fourth-order valence-electron chi connectivity index (χ4n) is 1.38. The predicted octanol–water partition coefficient (Wildman–Crippen LogP) is 0.878. The zero-order chi connectivity index (χ0) is 6.27. The lowest BCUT2D eigenvalue weighted by atomic mass is 9.96. The number of carbonyl (C=O) groups is 1. The Morgan fingerprint density at radius 1 is 1.67 bits per heavy atom. The van der Waals surface area contributed by atoms with Crippen LogP contribution in [-0.2, 0) is 9.53 Å². The average molecular weight is 124 g/mol. The van der Waals surface area contributed by atoms with Crippen molar-refractivity contribution in [2.75, 3.05) is 0 Å². The van der Waals surface area contributed by atoms with Gasteiger partial charge in [0.25, 0.3) is 0 Å². The molecule has 0 spiro atoms. The van der Waals surface area contributed by atoms with E-state index in [4.69, 9.17) is 4.74 Å². The molecular formula is C7H8O2. The molecule has 1 aliphatic carbocycles. The molecular weight excluding hydrogens is 116 g/mol. The van der Waals surface area contributed by atoms with E-state index in [1.165, 1.54) is 0 Å². The van der Waals surface area contributed by atoms with Gasteiger partial charge in [0.05, 0.1) is 5.92 Å². The van der Waals surface area contributed by atoms with Crippen LogP contribution in [0.25, 0.3) is 0 Å². The fraction of sp³-hybridized carbons (Fsp3) is 0.571. The number of carbonyl (C=O) groups excluding carboxylic acids is 1. The minimum Gasteiger partial charge on any atom is -0.458 e. The van der Waals surface area contributed by atoms with E-state index in [2.05, 4.69) is 0 Å². The van der Waals surface area contributed by atoms with Crippen molar-refractivity contribution in [2.24, 2.45) is 5.92 Å². The van der Waals surface area contributed by atoms with Gasteiger partial charge in [0.1, 0.15) is 6.10 Å². The predicted molar refractivity (Wildman–Crippen MR) is 31.7 cm³/mol. The highest BCUT2D eigenvalue weighted by molar-refractivity contribution is 5.75. The molecule has 2 bridgehead atoms. The lowest BCUT2D eigenvalue weighted by Gasteiger charge is -2.04. The van der Waals surface area contributed by atoms with Gasteiger partial charge in [-0.25, -0.2) is 0 Å². The van der Waals surface area contributed by atoms with Crippen molar-refractivity contribution in [3.8, 4) is 0 Å². The number of rotatable bonds is 0. The van der Waals surface area contributed by atoms with Crippen LogP contribution >= 0.6 is 0 Å². The summed E-state index contributed by atoms with van der Waals surface area (Å²) in [5, 5.41) is 0. The molecule has 0 aromatic carbocycles. The van der Waals surface area contributed by atoms with Gasteiger partial charge in [-0.15, -0.1) is 0 Å². The molecule has 48 valence electrons. The van der Waals surface area contributed by atoms with Crippen molar-refractivity contribution in [1.29, 1.82) is 0 Å². The molecule has 0 saturated carbocycles. The minimum atomic E-state index is -0.00926. The molecule has 0 aromatic rings. The van der Waals surface area contributed by atoms with Gasteiger partial charge in [0, 0.05) is 6.42 Å². The summed E-state index contributed by atoms with van der Waals surface area (Å²) in [4.78, 5) is 10.8. The number of allylic oxidation sites excluding steroid dienone is 1. The molecule has 1 fully saturated rings. The van der Waals surface area contributed by atoms with Crippen molar-refractivity contribution in [1.82, 2.24) is 0 Å². The first-order chi connectivity index (χ1) is 4.36. The molecule has 0 N–H and O–H groups in total. The van der Waals surface area contributed by atoms with E-state index in [9.17, 15) is 4.79 Å². The second-order valence-electron chi connectivity index (χ2n) is 2.57. The number of hydrogen-bond donors (Lipinski definition) is 0. The number of esters is 1. The number of hydrogen-bond acceptors (Lipinski definition) is 2. The van der Waals surface area contributed by atoms with Gasteiger partial charge >= 0.3 is 5.97 Å². The lowest BCUT2D eigenvalue weighted by molar-refractivity contribution is -0.142. The van der Waals surface area contributed by atoms with Crippen LogP contribution < -0.4 is 0 Å². The normalized spacial score (nSPS) is 38.9. The van der Waals surface area contributed by atoms with E-state index in [1.54, 1.807) is 0 Å². The summed E-state index contributed by atoms with van der Waals surface area (Å²) in [7, 11) is 0. The third-order valence-corrected chi connectivity index (χ3v) is 1.89. The molecule has 2 aliphatic rings. The average Bonchev–Trinajstić information content (AvgIpc) is 2.09. The zero-order valence-corrected chi connectivity index (χ0v) is 5.04. The smallest absolute Gasteiger partial charge is 0.309 e. The molecule has 2 rings (SSSR count). The summed E-state index contributed by atoms with van der Waals surface area (Å²) < 4.78 is 4.96. The van der Waals surface area contributed by atoms with Crippen LogP contribution in [0.1, 0.15) is 12.8 Å². The van der Waals surface area contributed by atoms with Gasteiger partial charge in [0.2, 0.25) is 0 Å². The second-order valence-corrected chi connectivity index (χ2v) is 2.57. The summed E-state index contributed by atoms with van der Waals surface area (Å²) in [6.07, 6.45) is 5.91. The fourth-order valence-corrected chi connectivity index (χ4v) is 1.38. The highest BCUT2D eigenvalue weighted by Crippen LogP contribution is 2.29. The maximum absolute atomic E-state index is 10.8. The maximum Gasteiger partial charge on any atom is 0.309 e. The van der Waals surface area contributed by atoms with E-state index < -0.39 is 0 Å². The summed E-state index contributed by atoms with van der Waals surface area (Å²) in [6.45, 7) is 0. The van der Waals surface area contributed by atoms with Crippen LogP contribution in [0, 0.1) is 5.92 Å². The molecule has 0 amide bonds. The van der Waals surface area contributed by atoms with E-state index in [-0.39, 0.29) is 18.0 Å². The molecule has 0 unspecified atom stereocenters. The first-order valence-corrected chi connectivity index (χ1v) is 3.23. The third kappa shape index (κ3) is 0.661. The van der Waals surface area contributed by atoms with Gasteiger partial charge in [-0.1, -0.05) is 6.08 Å².